The zero-order chi connectivity index (χ0) is 23.9. The van der Waals surface area contributed by atoms with E-state index in [0.717, 1.165) is 18.4 Å². The number of rotatable bonds is 9. The molecule has 4 aromatic rings. The summed E-state index contributed by atoms with van der Waals surface area (Å²) in [6.07, 6.45) is 2.15. The molecule has 1 N–H and O–H groups in total. The predicted molar refractivity (Wildman–Crippen MR) is 135 cm³/mol. The van der Waals surface area contributed by atoms with Crippen molar-refractivity contribution in [3.63, 3.8) is 0 Å². The molecule has 0 spiro atoms. The van der Waals surface area contributed by atoms with Crippen LogP contribution >= 0.6 is 11.8 Å². The maximum atomic E-state index is 14.0. The maximum Gasteiger partial charge on any atom is 0.266 e. The maximum absolute atomic E-state index is 14.0. The Hall–Kier alpha value is -3.45. The number of nitrogens with one attached hydrogen (secondary N) is 1. The van der Waals surface area contributed by atoms with Gasteiger partial charge in [0.05, 0.1) is 21.8 Å². The van der Waals surface area contributed by atoms with Crippen molar-refractivity contribution >= 4 is 28.6 Å². The molecule has 4 rings (SSSR count). The lowest BCUT2D eigenvalue weighted by Gasteiger charge is -2.19. The van der Waals surface area contributed by atoms with Crippen LogP contribution in [0, 0.1) is 5.82 Å². The van der Waals surface area contributed by atoms with E-state index < -0.39 is 11.1 Å². The second-order valence-electron chi connectivity index (χ2n) is 7.95. The number of halogens is 1. The van der Waals surface area contributed by atoms with Crippen molar-refractivity contribution in [3.8, 4) is 5.69 Å². The number of benzene rings is 3. The first-order valence-corrected chi connectivity index (χ1v) is 12.2. The molecule has 0 saturated heterocycles. The number of fused-ring (bicyclic) bond motifs is 1. The molecule has 0 fully saturated rings. The average molecular weight is 476 g/mol. The number of hydrogen-bond donors (Lipinski definition) is 1. The minimum Gasteiger partial charge on any atom is -0.355 e. The summed E-state index contributed by atoms with van der Waals surface area (Å²) in [7, 11) is 0. The number of carbonyl (C=O) groups is 1. The van der Waals surface area contributed by atoms with E-state index >= 15 is 0 Å². The quantitative estimate of drug-likeness (QED) is 0.269. The van der Waals surface area contributed by atoms with Gasteiger partial charge in [-0.25, -0.2) is 9.37 Å². The van der Waals surface area contributed by atoms with Crippen LogP contribution in [0.25, 0.3) is 16.6 Å². The fourth-order valence-corrected chi connectivity index (χ4v) is 5.00. The molecule has 5 nitrogen and oxygen atoms in total. The normalized spacial score (nSPS) is 11.9. The highest BCUT2D eigenvalue weighted by Gasteiger charge is 2.23. The van der Waals surface area contributed by atoms with Crippen molar-refractivity contribution in [2.75, 3.05) is 6.54 Å². The fourth-order valence-electron chi connectivity index (χ4n) is 3.76. The Kier molecular flexibility index (Phi) is 7.75. The van der Waals surface area contributed by atoms with E-state index in [-0.39, 0.29) is 11.5 Å². The summed E-state index contributed by atoms with van der Waals surface area (Å²) in [6, 6.07) is 22.9. The van der Waals surface area contributed by atoms with Crippen LogP contribution < -0.4 is 10.9 Å². The predicted octanol–water partition coefficient (Wildman–Crippen LogP) is 5.14. The van der Waals surface area contributed by atoms with Gasteiger partial charge in [0.15, 0.2) is 5.16 Å². The Morgan fingerprint density at radius 3 is 2.59 bits per heavy atom. The van der Waals surface area contributed by atoms with Crippen LogP contribution in [0.4, 0.5) is 4.39 Å². The van der Waals surface area contributed by atoms with Gasteiger partial charge in [0.2, 0.25) is 5.91 Å². The molecule has 1 unspecified atom stereocenters. The summed E-state index contributed by atoms with van der Waals surface area (Å²) in [5.74, 6) is -0.548. The number of nitrogens with zero attached hydrogens (tertiary/aromatic N) is 2. The molecule has 7 heteroatoms. The van der Waals surface area contributed by atoms with Gasteiger partial charge >= 0.3 is 0 Å². The first-order chi connectivity index (χ1) is 16.6. The van der Waals surface area contributed by atoms with Crippen molar-refractivity contribution in [2.24, 2.45) is 0 Å². The lowest BCUT2D eigenvalue weighted by atomic mass is 10.1. The van der Waals surface area contributed by atoms with Crippen molar-refractivity contribution in [1.82, 2.24) is 14.9 Å². The van der Waals surface area contributed by atoms with Gasteiger partial charge in [0.25, 0.3) is 5.56 Å². The second kappa shape index (κ2) is 11.1. The Bertz CT molecular complexity index is 1340. The van der Waals surface area contributed by atoms with Crippen LogP contribution in [0.5, 0.6) is 0 Å². The number of para-hydroxylation sites is 1. The smallest absolute Gasteiger partial charge is 0.266 e. The van der Waals surface area contributed by atoms with Crippen LogP contribution in [0.2, 0.25) is 0 Å². The Balaban J connectivity index is 1.64. The highest BCUT2D eigenvalue weighted by atomic mass is 32.2. The van der Waals surface area contributed by atoms with Crippen LogP contribution in [-0.2, 0) is 11.2 Å². The monoisotopic (exact) mass is 475 g/mol. The Morgan fingerprint density at radius 2 is 1.82 bits per heavy atom. The molecule has 0 bridgehead atoms. The third kappa shape index (κ3) is 5.54. The molecular weight excluding hydrogens is 449 g/mol. The van der Waals surface area contributed by atoms with Gasteiger partial charge in [-0.15, -0.1) is 0 Å². The van der Waals surface area contributed by atoms with Gasteiger partial charge in [-0.05, 0) is 48.7 Å². The van der Waals surface area contributed by atoms with E-state index in [2.05, 4.69) is 5.32 Å². The molecule has 0 radical (unpaired) electrons. The van der Waals surface area contributed by atoms with Crippen molar-refractivity contribution in [1.29, 1.82) is 0 Å². The largest absolute Gasteiger partial charge is 0.355 e. The van der Waals surface area contributed by atoms with E-state index in [1.165, 1.54) is 28.5 Å². The van der Waals surface area contributed by atoms with E-state index in [0.29, 0.717) is 34.7 Å². The first-order valence-electron chi connectivity index (χ1n) is 11.3. The number of amides is 1. The third-order valence-electron chi connectivity index (χ3n) is 5.46. The topological polar surface area (TPSA) is 64.0 Å². The Labute approximate surface area is 202 Å². The molecular formula is C27H26FN3O2S. The summed E-state index contributed by atoms with van der Waals surface area (Å²) in [6.45, 7) is 2.53. The molecule has 0 aliphatic rings. The van der Waals surface area contributed by atoms with Crippen LogP contribution in [0.3, 0.4) is 0 Å². The average Bonchev–Trinajstić information content (AvgIpc) is 2.84. The molecule has 0 saturated carbocycles. The minimum atomic E-state index is -0.447. The summed E-state index contributed by atoms with van der Waals surface area (Å²) in [5.41, 5.74) is 1.78. The lowest BCUT2D eigenvalue weighted by molar-refractivity contribution is -0.120. The number of thioether (sulfide) groups is 1. The van der Waals surface area contributed by atoms with Crippen molar-refractivity contribution in [3.05, 3.63) is 101 Å². The summed E-state index contributed by atoms with van der Waals surface area (Å²) >= 11 is 1.24. The van der Waals surface area contributed by atoms with Crippen LogP contribution in [0.1, 0.15) is 25.3 Å². The number of carbonyl (C=O) groups excluding carboxylic acids is 1. The van der Waals surface area contributed by atoms with E-state index in [9.17, 15) is 14.0 Å². The summed E-state index contributed by atoms with van der Waals surface area (Å²) in [5, 5.41) is 3.39. The SMILES string of the molecule is CCCC(Sc1nc2ccccc2c(=O)n1-c1cccc(F)c1)C(=O)NCCc1ccccc1. The number of aromatic nitrogens is 2. The first kappa shape index (κ1) is 23.7. The van der Waals surface area contributed by atoms with Gasteiger partial charge in [-0.1, -0.05) is 73.6 Å². The standard InChI is InChI=1S/C27H26FN3O2S/c1-2-9-24(25(32)29-17-16-19-10-4-3-5-11-19)34-27-30-23-15-7-6-14-22(23)26(33)31(27)21-13-8-12-20(28)18-21/h3-8,10-15,18,24H,2,9,16-17H2,1H3,(H,29,32). The molecule has 1 amide bonds. The molecule has 3 aromatic carbocycles. The molecule has 1 heterocycles. The van der Waals surface area contributed by atoms with E-state index in [1.54, 1.807) is 30.3 Å². The lowest BCUT2D eigenvalue weighted by Crippen LogP contribution is -2.34. The van der Waals surface area contributed by atoms with Crippen LogP contribution in [-0.4, -0.2) is 27.3 Å². The van der Waals surface area contributed by atoms with Crippen molar-refractivity contribution in [2.45, 2.75) is 36.6 Å². The van der Waals surface area contributed by atoms with Gasteiger partial charge in [0, 0.05) is 6.54 Å². The molecule has 0 aliphatic carbocycles. The highest BCUT2D eigenvalue weighted by Crippen LogP contribution is 2.28. The van der Waals surface area contributed by atoms with Crippen LogP contribution in [0.15, 0.2) is 88.8 Å². The molecule has 1 aromatic heterocycles. The third-order valence-corrected chi connectivity index (χ3v) is 6.68. The molecule has 174 valence electrons. The highest BCUT2D eigenvalue weighted by molar-refractivity contribution is 8.00. The zero-order valence-electron chi connectivity index (χ0n) is 18.9. The van der Waals surface area contributed by atoms with Gasteiger partial charge in [-0.3, -0.25) is 14.2 Å². The second-order valence-corrected chi connectivity index (χ2v) is 9.12. The molecule has 34 heavy (non-hydrogen) atoms. The van der Waals surface area contributed by atoms with Gasteiger partial charge in [-0.2, -0.15) is 0 Å². The van der Waals surface area contributed by atoms with Gasteiger partial charge < -0.3 is 5.32 Å². The van der Waals surface area contributed by atoms with Crippen molar-refractivity contribution < 1.29 is 9.18 Å². The van der Waals surface area contributed by atoms with E-state index in [4.69, 9.17) is 4.98 Å². The molecule has 1 atom stereocenters. The minimum absolute atomic E-state index is 0.101. The number of hydrogen-bond acceptors (Lipinski definition) is 4. The zero-order valence-corrected chi connectivity index (χ0v) is 19.7. The van der Waals surface area contributed by atoms with E-state index in [1.807, 2.05) is 43.3 Å². The summed E-state index contributed by atoms with van der Waals surface area (Å²) in [4.78, 5) is 31.2. The Morgan fingerprint density at radius 1 is 1.06 bits per heavy atom. The van der Waals surface area contributed by atoms with Gasteiger partial charge in [0.1, 0.15) is 5.82 Å². The fraction of sp³-hybridized carbons (Fsp3) is 0.222. The molecule has 0 aliphatic heterocycles. The summed E-state index contributed by atoms with van der Waals surface area (Å²) < 4.78 is 15.4.